The van der Waals surface area contributed by atoms with Gasteiger partial charge in [0, 0.05) is 20.0 Å². The first kappa shape index (κ1) is 40.6. The van der Waals surface area contributed by atoms with Crippen molar-refractivity contribution in [3.8, 4) is 5.75 Å². The molecule has 4 aliphatic rings. The first-order valence-electron chi connectivity index (χ1n) is 16.6. The number of benzene rings is 1. The Labute approximate surface area is 303 Å². The van der Waals surface area contributed by atoms with E-state index in [0.717, 1.165) is 11.3 Å². The highest BCUT2D eigenvalue weighted by Crippen LogP contribution is 2.43. The van der Waals surface area contributed by atoms with Crippen LogP contribution in [0, 0.1) is 5.92 Å². The van der Waals surface area contributed by atoms with E-state index in [-0.39, 0.29) is 28.9 Å². The lowest BCUT2D eigenvalue weighted by atomic mass is 9.82. The highest BCUT2D eigenvalue weighted by molar-refractivity contribution is 8.14. The second-order valence-corrected chi connectivity index (χ2v) is 17.2. The fraction of sp³-hybridized carbons (Fsp3) is 0.735. The van der Waals surface area contributed by atoms with Crippen LogP contribution >= 0.6 is 23.5 Å². The van der Waals surface area contributed by atoms with Gasteiger partial charge in [-0.3, -0.25) is 14.9 Å². The number of nitrogens with zero attached hydrogens (tertiary/aromatic N) is 3. The Morgan fingerprint density at radius 3 is 2.12 bits per heavy atom. The number of aliphatic hydroxyl groups excluding tert-OH is 2. The summed E-state index contributed by atoms with van der Waals surface area (Å²) in [7, 11) is 4.91. The molecule has 0 bridgehead atoms. The Hall–Kier alpha value is -2.15. The third-order valence-corrected chi connectivity index (χ3v) is 11.0. The molecule has 5 N–H and O–H groups in total. The predicted octanol–water partition coefficient (Wildman–Crippen LogP) is 2.95. The van der Waals surface area contributed by atoms with Crippen LogP contribution < -0.4 is 10.1 Å². The summed E-state index contributed by atoms with van der Waals surface area (Å²) in [5, 5.41) is 44.8. The van der Waals surface area contributed by atoms with E-state index in [4.69, 9.17) is 28.7 Å². The zero-order valence-electron chi connectivity index (χ0n) is 30.7. The molecule has 0 spiro atoms. The van der Waals surface area contributed by atoms with Crippen LogP contribution in [-0.2, 0) is 25.6 Å². The maximum atomic E-state index is 12.6. The van der Waals surface area contributed by atoms with Gasteiger partial charge in [-0.15, -0.1) is 0 Å². The molecule has 1 aromatic rings. The largest absolute Gasteiger partial charge is 0.497 e. The number of ether oxygens (including phenoxy) is 5. The maximum absolute atomic E-state index is 12.6. The van der Waals surface area contributed by atoms with Gasteiger partial charge in [-0.05, 0) is 66.2 Å². The molecule has 0 saturated carbocycles. The molecule has 50 heavy (non-hydrogen) atoms. The number of nitrogens with one attached hydrogen (secondary N) is 1. The van der Waals surface area contributed by atoms with Crippen LogP contribution in [0.1, 0.15) is 61.0 Å². The molecule has 5 rings (SSSR count). The summed E-state index contributed by atoms with van der Waals surface area (Å²) < 4.78 is 29.0. The Morgan fingerprint density at radius 1 is 0.980 bits per heavy atom. The lowest BCUT2D eigenvalue weighted by molar-refractivity contribution is -0.210. The zero-order chi connectivity index (χ0) is 37.3. The third-order valence-electron chi connectivity index (χ3n) is 8.64. The average molecular weight is 743 g/mol. The summed E-state index contributed by atoms with van der Waals surface area (Å²) in [6, 6.07) is 7.00. The van der Waals surface area contributed by atoms with E-state index in [9.17, 15) is 25.2 Å². The van der Waals surface area contributed by atoms with Gasteiger partial charge < -0.3 is 49.4 Å². The van der Waals surface area contributed by atoms with Crippen molar-refractivity contribution in [1.82, 2.24) is 10.2 Å². The second-order valence-electron chi connectivity index (χ2n) is 15.0. The number of hydrogen-bond donors (Lipinski definition) is 5. The van der Waals surface area contributed by atoms with Gasteiger partial charge in [0.15, 0.2) is 10.3 Å². The number of fused-ring (bicyclic) bond motifs is 2. The summed E-state index contributed by atoms with van der Waals surface area (Å²) in [6.07, 6.45) is -4.16. The van der Waals surface area contributed by atoms with Crippen molar-refractivity contribution in [2.75, 3.05) is 21.2 Å². The molecule has 10 atom stereocenters. The first-order chi connectivity index (χ1) is 23.1. The van der Waals surface area contributed by atoms with E-state index in [1.165, 1.54) is 28.4 Å². The van der Waals surface area contributed by atoms with E-state index in [1.54, 1.807) is 48.9 Å². The highest BCUT2D eigenvalue weighted by Gasteiger charge is 2.54. The predicted molar refractivity (Wildman–Crippen MR) is 193 cm³/mol. The van der Waals surface area contributed by atoms with Gasteiger partial charge in [0.1, 0.15) is 46.6 Å². The van der Waals surface area contributed by atoms with E-state index >= 15 is 0 Å². The van der Waals surface area contributed by atoms with E-state index < -0.39 is 53.4 Å². The van der Waals surface area contributed by atoms with E-state index in [2.05, 4.69) is 10.3 Å². The number of methoxy groups -OCH3 is 1. The number of amidine groups is 2. The Bertz CT molecular complexity index is 1380. The minimum absolute atomic E-state index is 0.125. The van der Waals surface area contributed by atoms with Gasteiger partial charge in [-0.2, -0.15) is 0 Å². The first-order valence-corrected chi connectivity index (χ1v) is 18.4. The zero-order valence-corrected chi connectivity index (χ0v) is 32.3. The molecule has 4 aliphatic heterocycles. The van der Waals surface area contributed by atoms with Crippen molar-refractivity contribution in [2.24, 2.45) is 15.9 Å². The number of rotatable bonds is 6. The van der Waals surface area contributed by atoms with Crippen LogP contribution in [0.2, 0.25) is 0 Å². The van der Waals surface area contributed by atoms with Crippen LogP contribution in [0.25, 0.3) is 0 Å². The summed E-state index contributed by atoms with van der Waals surface area (Å²) in [4.78, 5) is 22.8. The molecule has 0 aromatic heterocycles. The summed E-state index contributed by atoms with van der Waals surface area (Å²) in [6.45, 7) is 14.4. The number of thioether (sulfide) groups is 2. The monoisotopic (exact) mass is 742 g/mol. The van der Waals surface area contributed by atoms with Gasteiger partial charge in [0.05, 0.1) is 43.2 Å². The van der Waals surface area contributed by atoms with Crippen molar-refractivity contribution < 1.29 is 48.9 Å². The number of amides is 1. The molecule has 0 unspecified atom stereocenters. The number of carbonyl (C=O) groups is 1. The summed E-state index contributed by atoms with van der Waals surface area (Å²) in [5.41, 5.74) is -2.60. The average Bonchev–Trinajstić information content (AvgIpc) is 3.65. The van der Waals surface area contributed by atoms with Crippen LogP contribution in [0.3, 0.4) is 0 Å². The molecular weight excluding hydrogens is 689 g/mol. The second kappa shape index (κ2) is 15.8. The lowest BCUT2D eigenvalue weighted by Gasteiger charge is -2.45. The molecule has 4 heterocycles. The van der Waals surface area contributed by atoms with Gasteiger partial charge in [-0.1, -0.05) is 42.6 Å². The molecule has 0 aliphatic carbocycles. The Balaban J connectivity index is 0.000000276. The fourth-order valence-corrected chi connectivity index (χ4v) is 8.37. The molecule has 14 nitrogen and oxygen atoms in total. The molecule has 282 valence electrons. The SMILES string of the molecule is CN=C1N[C@@H]2[C@@H](O)[C@H](O)[C@@H](C(C)(C)O)O[C@@H]2S1.COc1ccc(CO[C@H]2[C@H](C)[C@@H](C(C)(C)O)O[C@@H]3SC(N(C)C(=O)OC(C)(C)C)=N[C@H]23)cc1. The molecule has 3 fully saturated rings. The van der Waals surface area contributed by atoms with Gasteiger partial charge in [-0.25, -0.2) is 4.79 Å². The summed E-state index contributed by atoms with van der Waals surface area (Å²) in [5.74, 6) is 0.659. The fourth-order valence-electron chi connectivity index (χ4n) is 6.13. The van der Waals surface area contributed by atoms with Crippen molar-refractivity contribution >= 4 is 40.0 Å². The van der Waals surface area contributed by atoms with Gasteiger partial charge >= 0.3 is 6.09 Å². The minimum atomic E-state index is -1.21. The number of aliphatic hydroxyl groups is 4. The standard InChI is InChI=1S/C24H36N2O6S.C10H18N2O4S/c1-14-18(30-13-15-9-11-16(29-8)12-10-15)17-20(31-19(14)24(5,6)28)33-21(25-17)26(7)22(27)32-23(2,3)4;1-10(2,15)7-6(14)5(13)4-8(16-7)17-9(11-3)12-4/h9-12,14,17-20,28H,13H2,1-8H3;4-8,13-15H,1-3H3,(H,11,12)/t14-,17+,18-,19-,20+;4-,5-,6+,7+,8-/m01/s1. The van der Waals surface area contributed by atoms with Crippen LogP contribution in [-0.4, -0.2) is 133 Å². The summed E-state index contributed by atoms with van der Waals surface area (Å²) >= 11 is 2.71. The quantitative estimate of drug-likeness (QED) is 0.287. The number of aliphatic imine (C=N–C) groups is 2. The topological polar surface area (TPSA) is 184 Å². The van der Waals surface area contributed by atoms with Crippen LogP contribution in [0.15, 0.2) is 34.3 Å². The van der Waals surface area contributed by atoms with Crippen molar-refractivity contribution in [3.63, 3.8) is 0 Å². The molecule has 16 heteroatoms. The van der Waals surface area contributed by atoms with Crippen LogP contribution in [0.4, 0.5) is 4.79 Å². The Kier molecular flexibility index (Phi) is 12.9. The third kappa shape index (κ3) is 9.63. The van der Waals surface area contributed by atoms with Crippen molar-refractivity contribution in [1.29, 1.82) is 0 Å². The molecule has 3 saturated heterocycles. The lowest BCUT2D eigenvalue weighted by Crippen LogP contribution is -2.63. The molecule has 0 radical (unpaired) electrons. The van der Waals surface area contributed by atoms with Gasteiger partial charge in [0.2, 0.25) is 0 Å². The van der Waals surface area contributed by atoms with Crippen LogP contribution in [0.5, 0.6) is 5.75 Å². The van der Waals surface area contributed by atoms with E-state index in [1.807, 2.05) is 52.0 Å². The van der Waals surface area contributed by atoms with Crippen molar-refractivity contribution in [2.45, 2.75) is 132 Å². The molecule has 1 aromatic carbocycles. The highest BCUT2D eigenvalue weighted by atomic mass is 32.2. The Morgan fingerprint density at radius 2 is 1.58 bits per heavy atom. The molecular formula is C34H54N4O10S2. The maximum Gasteiger partial charge on any atom is 0.416 e. The smallest absolute Gasteiger partial charge is 0.416 e. The van der Waals surface area contributed by atoms with Crippen molar-refractivity contribution in [3.05, 3.63) is 29.8 Å². The minimum Gasteiger partial charge on any atom is -0.497 e. The normalized spacial score (nSPS) is 33.3. The van der Waals surface area contributed by atoms with E-state index in [0.29, 0.717) is 16.9 Å². The molecule has 1 amide bonds. The number of carbonyl (C=O) groups excluding carboxylic acids is 1. The van der Waals surface area contributed by atoms with Gasteiger partial charge in [0.25, 0.3) is 0 Å². The number of hydrogen-bond acceptors (Lipinski definition) is 14.